The number of rotatable bonds is 8. The van der Waals surface area contributed by atoms with Crippen LogP contribution in [0, 0.1) is 11.3 Å². The molecular formula is C15H31NO3S. The van der Waals surface area contributed by atoms with Crippen molar-refractivity contribution in [2.45, 2.75) is 58.8 Å². The van der Waals surface area contributed by atoms with Crippen LogP contribution in [0.15, 0.2) is 0 Å². The van der Waals surface area contributed by atoms with Crippen LogP contribution in [-0.4, -0.2) is 45.2 Å². The van der Waals surface area contributed by atoms with E-state index in [1.165, 1.54) is 0 Å². The highest BCUT2D eigenvalue weighted by atomic mass is 32.2. The summed E-state index contributed by atoms with van der Waals surface area (Å²) in [7, 11) is -2.97. The van der Waals surface area contributed by atoms with Crippen molar-refractivity contribution in [3.8, 4) is 0 Å². The van der Waals surface area contributed by atoms with Gasteiger partial charge in [0.2, 0.25) is 0 Å². The summed E-state index contributed by atoms with van der Waals surface area (Å²) in [6.45, 7) is 12.5. The van der Waals surface area contributed by atoms with Gasteiger partial charge in [-0.05, 0) is 46.1 Å². The van der Waals surface area contributed by atoms with Gasteiger partial charge in [0.25, 0.3) is 0 Å². The first-order chi connectivity index (χ1) is 9.19. The second-order valence-corrected chi connectivity index (χ2v) is 9.49. The van der Waals surface area contributed by atoms with Crippen LogP contribution in [0.4, 0.5) is 0 Å². The Labute approximate surface area is 124 Å². The van der Waals surface area contributed by atoms with Gasteiger partial charge in [-0.3, -0.25) is 0 Å². The third-order valence-corrected chi connectivity index (χ3v) is 6.67. The van der Waals surface area contributed by atoms with Crippen molar-refractivity contribution in [1.82, 2.24) is 5.32 Å². The molecule has 1 rings (SSSR count). The Balaban J connectivity index is 2.65. The minimum atomic E-state index is -2.97. The molecule has 1 N–H and O–H groups in total. The maximum atomic E-state index is 12.1. The van der Waals surface area contributed by atoms with Crippen LogP contribution in [0.1, 0.15) is 47.5 Å². The lowest BCUT2D eigenvalue weighted by Crippen LogP contribution is -2.42. The molecule has 1 heterocycles. The molecule has 0 aromatic rings. The molecule has 2 unspecified atom stereocenters. The third-order valence-electron chi connectivity index (χ3n) is 4.46. The Hall–Kier alpha value is -0.130. The van der Waals surface area contributed by atoms with Crippen LogP contribution in [0.5, 0.6) is 0 Å². The molecule has 0 radical (unpaired) electrons. The quantitative estimate of drug-likeness (QED) is 0.747. The van der Waals surface area contributed by atoms with Gasteiger partial charge in [0.1, 0.15) is 0 Å². The molecular weight excluding hydrogens is 274 g/mol. The highest BCUT2D eigenvalue weighted by molar-refractivity contribution is 7.91. The molecule has 5 heteroatoms. The molecule has 0 aromatic carbocycles. The lowest BCUT2D eigenvalue weighted by Gasteiger charge is -2.33. The van der Waals surface area contributed by atoms with Crippen LogP contribution in [0.25, 0.3) is 0 Å². The standard InChI is InChI=1S/C15H31NO3S/c1-12(2)10-16-11-15(6-8-19-14(15)5)7-9-20(17,18)13(3)4/h12-14,16H,6-11H2,1-5H3. The van der Waals surface area contributed by atoms with Crippen LogP contribution >= 0.6 is 0 Å². The molecule has 0 spiro atoms. The van der Waals surface area contributed by atoms with Crippen LogP contribution in [0.3, 0.4) is 0 Å². The summed E-state index contributed by atoms with van der Waals surface area (Å²) in [5, 5.41) is 3.20. The maximum absolute atomic E-state index is 12.1. The highest BCUT2D eigenvalue weighted by Crippen LogP contribution is 2.38. The second kappa shape index (κ2) is 7.23. The number of nitrogens with one attached hydrogen (secondary N) is 1. The maximum Gasteiger partial charge on any atom is 0.152 e. The molecule has 4 nitrogen and oxygen atoms in total. The average molecular weight is 305 g/mol. The zero-order chi connectivity index (χ0) is 15.4. The molecule has 120 valence electrons. The van der Waals surface area contributed by atoms with E-state index in [2.05, 4.69) is 26.1 Å². The van der Waals surface area contributed by atoms with Crippen molar-refractivity contribution in [2.24, 2.45) is 11.3 Å². The molecule has 20 heavy (non-hydrogen) atoms. The topological polar surface area (TPSA) is 55.4 Å². The first-order valence-electron chi connectivity index (χ1n) is 7.73. The Morgan fingerprint density at radius 3 is 2.40 bits per heavy atom. The number of sulfone groups is 1. The zero-order valence-corrected chi connectivity index (χ0v) is 14.4. The van der Waals surface area contributed by atoms with Gasteiger partial charge in [-0.25, -0.2) is 8.42 Å². The van der Waals surface area contributed by atoms with E-state index in [4.69, 9.17) is 4.74 Å². The van der Waals surface area contributed by atoms with Gasteiger partial charge in [0.05, 0.1) is 17.1 Å². The minimum Gasteiger partial charge on any atom is -0.378 e. The molecule has 0 aromatic heterocycles. The molecule has 0 aliphatic carbocycles. The fourth-order valence-electron chi connectivity index (χ4n) is 2.66. The third kappa shape index (κ3) is 4.71. The smallest absolute Gasteiger partial charge is 0.152 e. The molecule has 1 aliphatic rings. The Morgan fingerprint density at radius 1 is 1.30 bits per heavy atom. The summed E-state index contributed by atoms with van der Waals surface area (Å²) in [5.74, 6) is 0.867. The van der Waals surface area contributed by atoms with Crippen molar-refractivity contribution < 1.29 is 13.2 Å². The fraction of sp³-hybridized carbons (Fsp3) is 1.00. The number of ether oxygens (including phenoxy) is 1. The molecule has 0 bridgehead atoms. The van der Waals surface area contributed by atoms with Crippen molar-refractivity contribution >= 4 is 9.84 Å². The number of hydrogen-bond acceptors (Lipinski definition) is 4. The van der Waals surface area contributed by atoms with E-state index < -0.39 is 9.84 Å². The van der Waals surface area contributed by atoms with E-state index in [0.29, 0.717) is 12.3 Å². The van der Waals surface area contributed by atoms with Crippen LogP contribution in [0.2, 0.25) is 0 Å². The van der Waals surface area contributed by atoms with E-state index >= 15 is 0 Å². The SMILES string of the molecule is CC(C)CNCC1(CCS(=O)(=O)C(C)C)CCOC1C. The summed E-state index contributed by atoms with van der Waals surface area (Å²) in [4.78, 5) is 0. The van der Waals surface area contributed by atoms with Gasteiger partial charge in [-0.2, -0.15) is 0 Å². The Bertz CT molecular complexity index is 392. The van der Waals surface area contributed by atoms with Gasteiger partial charge in [0, 0.05) is 18.6 Å². The van der Waals surface area contributed by atoms with Crippen molar-refractivity contribution in [2.75, 3.05) is 25.4 Å². The molecule has 0 saturated carbocycles. The summed E-state index contributed by atoms with van der Waals surface area (Å²) in [6.07, 6.45) is 1.77. The lowest BCUT2D eigenvalue weighted by atomic mass is 9.79. The summed E-state index contributed by atoms with van der Waals surface area (Å²) >= 11 is 0. The largest absolute Gasteiger partial charge is 0.378 e. The van der Waals surface area contributed by atoms with Crippen molar-refractivity contribution in [3.05, 3.63) is 0 Å². The molecule has 0 amide bonds. The van der Waals surface area contributed by atoms with Gasteiger partial charge in [0.15, 0.2) is 9.84 Å². The monoisotopic (exact) mass is 305 g/mol. The van der Waals surface area contributed by atoms with Gasteiger partial charge < -0.3 is 10.1 Å². The predicted octanol–water partition coefficient (Wildman–Crippen LogP) is 2.24. The van der Waals surface area contributed by atoms with Crippen molar-refractivity contribution in [1.29, 1.82) is 0 Å². The van der Waals surface area contributed by atoms with E-state index in [1.807, 2.05) is 0 Å². The lowest BCUT2D eigenvalue weighted by molar-refractivity contribution is 0.0610. The second-order valence-electron chi connectivity index (χ2n) is 6.82. The zero-order valence-electron chi connectivity index (χ0n) is 13.6. The summed E-state index contributed by atoms with van der Waals surface area (Å²) < 4.78 is 29.8. The molecule has 1 saturated heterocycles. The Morgan fingerprint density at radius 2 is 1.95 bits per heavy atom. The first-order valence-corrected chi connectivity index (χ1v) is 9.45. The molecule has 1 aliphatic heterocycles. The van der Waals surface area contributed by atoms with Gasteiger partial charge >= 0.3 is 0 Å². The Kier molecular flexibility index (Phi) is 6.48. The van der Waals surface area contributed by atoms with Crippen molar-refractivity contribution in [3.63, 3.8) is 0 Å². The first kappa shape index (κ1) is 17.9. The summed E-state index contributed by atoms with van der Waals surface area (Å²) in [6, 6.07) is 0. The van der Waals surface area contributed by atoms with E-state index in [1.54, 1.807) is 13.8 Å². The normalized spacial score (nSPS) is 27.6. The van der Waals surface area contributed by atoms with E-state index in [-0.39, 0.29) is 22.5 Å². The molecule has 1 fully saturated rings. The predicted molar refractivity (Wildman–Crippen MR) is 83.7 cm³/mol. The fourth-order valence-corrected chi connectivity index (χ4v) is 3.82. The van der Waals surface area contributed by atoms with E-state index in [0.717, 1.165) is 26.1 Å². The van der Waals surface area contributed by atoms with Gasteiger partial charge in [-0.1, -0.05) is 13.8 Å². The average Bonchev–Trinajstić information content (AvgIpc) is 2.68. The highest BCUT2D eigenvalue weighted by Gasteiger charge is 2.41. The molecule has 2 atom stereocenters. The van der Waals surface area contributed by atoms with Crippen LogP contribution in [-0.2, 0) is 14.6 Å². The minimum absolute atomic E-state index is 0.0309. The van der Waals surface area contributed by atoms with Gasteiger partial charge in [-0.15, -0.1) is 0 Å². The van der Waals surface area contributed by atoms with Crippen LogP contribution < -0.4 is 5.32 Å². The number of hydrogen-bond donors (Lipinski definition) is 1. The van der Waals surface area contributed by atoms with E-state index in [9.17, 15) is 8.42 Å². The summed E-state index contributed by atoms with van der Waals surface area (Å²) in [5.41, 5.74) is -0.0309.